The molecular formula is C13H27NS2. The Hall–Kier alpha value is 0.660. The van der Waals surface area contributed by atoms with Crippen LogP contribution in [0.5, 0.6) is 0 Å². The molecule has 96 valence electrons. The fourth-order valence-corrected chi connectivity index (χ4v) is 4.23. The SMILES string of the molecule is CSCCCCCNC1CSCCC1(C)C. The van der Waals surface area contributed by atoms with E-state index in [1.807, 2.05) is 11.8 Å². The van der Waals surface area contributed by atoms with Crippen LogP contribution in [0.15, 0.2) is 0 Å². The number of thioether (sulfide) groups is 2. The topological polar surface area (TPSA) is 12.0 Å². The molecule has 1 saturated heterocycles. The molecule has 0 saturated carbocycles. The van der Waals surface area contributed by atoms with Gasteiger partial charge in [0.05, 0.1) is 0 Å². The van der Waals surface area contributed by atoms with Gasteiger partial charge in [-0.3, -0.25) is 0 Å². The lowest BCUT2D eigenvalue weighted by molar-refractivity contribution is 0.245. The van der Waals surface area contributed by atoms with Gasteiger partial charge >= 0.3 is 0 Å². The highest BCUT2D eigenvalue weighted by molar-refractivity contribution is 7.99. The molecule has 0 aromatic rings. The van der Waals surface area contributed by atoms with Crippen molar-refractivity contribution in [2.24, 2.45) is 5.41 Å². The minimum absolute atomic E-state index is 0.504. The van der Waals surface area contributed by atoms with Gasteiger partial charge in [-0.05, 0) is 49.0 Å². The summed E-state index contributed by atoms with van der Waals surface area (Å²) in [4.78, 5) is 0. The largest absolute Gasteiger partial charge is 0.313 e. The smallest absolute Gasteiger partial charge is 0.0209 e. The fraction of sp³-hybridized carbons (Fsp3) is 1.00. The van der Waals surface area contributed by atoms with E-state index < -0.39 is 0 Å². The Labute approximate surface area is 110 Å². The van der Waals surface area contributed by atoms with E-state index in [9.17, 15) is 0 Å². The summed E-state index contributed by atoms with van der Waals surface area (Å²) < 4.78 is 0. The molecule has 1 atom stereocenters. The average Bonchev–Trinajstić information content (AvgIpc) is 2.25. The molecule has 16 heavy (non-hydrogen) atoms. The van der Waals surface area contributed by atoms with E-state index >= 15 is 0 Å². The minimum Gasteiger partial charge on any atom is -0.313 e. The first-order valence-electron chi connectivity index (χ1n) is 6.47. The summed E-state index contributed by atoms with van der Waals surface area (Å²) in [7, 11) is 0. The van der Waals surface area contributed by atoms with Gasteiger partial charge in [0.2, 0.25) is 0 Å². The van der Waals surface area contributed by atoms with Gasteiger partial charge in [-0.1, -0.05) is 20.3 Å². The maximum absolute atomic E-state index is 3.76. The van der Waals surface area contributed by atoms with Crippen molar-refractivity contribution < 1.29 is 0 Å². The zero-order valence-corrected chi connectivity index (χ0v) is 12.7. The van der Waals surface area contributed by atoms with Gasteiger partial charge in [-0.2, -0.15) is 23.5 Å². The van der Waals surface area contributed by atoms with Crippen molar-refractivity contribution >= 4 is 23.5 Å². The summed E-state index contributed by atoms with van der Waals surface area (Å²) in [6, 6.07) is 0.729. The van der Waals surface area contributed by atoms with Crippen molar-refractivity contribution in [2.45, 2.75) is 45.6 Å². The molecule has 1 rings (SSSR count). The average molecular weight is 262 g/mol. The molecule has 0 amide bonds. The number of nitrogens with one attached hydrogen (secondary N) is 1. The summed E-state index contributed by atoms with van der Waals surface area (Å²) >= 11 is 4.08. The van der Waals surface area contributed by atoms with Gasteiger partial charge in [0.25, 0.3) is 0 Å². The summed E-state index contributed by atoms with van der Waals surface area (Å²) in [5.41, 5.74) is 0.504. The van der Waals surface area contributed by atoms with Gasteiger partial charge in [-0.25, -0.2) is 0 Å². The second kappa shape index (κ2) is 7.88. The summed E-state index contributed by atoms with van der Waals surface area (Å²) in [6.07, 6.45) is 7.67. The quantitative estimate of drug-likeness (QED) is 0.703. The molecule has 0 aromatic heterocycles. The van der Waals surface area contributed by atoms with Crippen LogP contribution in [0.1, 0.15) is 39.5 Å². The van der Waals surface area contributed by atoms with E-state index in [1.165, 1.54) is 49.5 Å². The van der Waals surface area contributed by atoms with Crippen LogP contribution in [0.4, 0.5) is 0 Å². The van der Waals surface area contributed by atoms with Gasteiger partial charge < -0.3 is 5.32 Å². The summed E-state index contributed by atoms with van der Waals surface area (Å²) in [6.45, 7) is 6.04. The summed E-state index contributed by atoms with van der Waals surface area (Å²) in [5.74, 6) is 3.97. The first-order chi connectivity index (χ1) is 7.67. The lowest BCUT2D eigenvalue weighted by atomic mass is 9.82. The lowest BCUT2D eigenvalue weighted by Crippen LogP contribution is -2.46. The number of rotatable bonds is 7. The third-order valence-corrected chi connectivity index (χ3v) is 5.29. The van der Waals surface area contributed by atoms with Crippen molar-refractivity contribution in [3.8, 4) is 0 Å². The third-order valence-electron chi connectivity index (χ3n) is 3.53. The monoisotopic (exact) mass is 261 g/mol. The van der Waals surface area contributed by atoms with Crippen molar-refractivity contribution in [1.82, 2.24) is 5.32 Å². The molecule has 1 nitrogen and oxygen atoms in total. The highest BCUT2D eigenvalue weighted by Gasteiger charge is 2.31. The standard InChI is InChI=1S/C13H27NS2/c1-13(2)7-10-16-11-12(13)14-8-5-4-6-9-15-3/h12,14H,4-11H2,1-3H3. The van der Waals surface area contributed by atoms with Gasteiger partial charge in [-0.15, -0.1) is 0 Å². The van der Waals surface area contributed by atoms with Crippen molar-refractivity contribution in [2.75, 3.05) is 30.1 Å². The first kappa shape index (κ1) is 14.7. The Morgan fingerprint density at radius 2 is 2.12 bits per heavy atom. The highest BCUT2D eigenvalue weighted by atomic mass is 32.2. The van der Waals surface area contributed by atoms with Crippen molar-refractivity contribution in [1.29, 1.82) is 0 Å². The van der Waals surface area contributed by atoms with E-state index in [0.29, 0.717) is 5.41 Å². The van der Waals surface area contributed by atoms with E-state index in [-0.39, 0.29) is 0 Å². The normalized spacial score (nSPS) is 24.6. The maximum atomic E-state index is 3.76. The van der Waals surface area contributed by atoms with Crippen LogP contribution in [-0.2, 0) is 0 Å². The zero-order chi connectivity index (χ0) is 11.9. The van der Waals surface area contributed by atoms with E-state index in [2.05, 4.69) is 37.2 Å². The lowest BCUT2D eigenvalue weighted by Gasteiger charge is -2.39. The number of hydrogen-bond acceptors (Lipinski definition) is 3. The molecule has 1 N–H and O–H groups in total. The van der Waals surface area contributed by atoms with Crippen LogP contribution >= 0.6 is 23.5 Å². The molecule has 0 aliphatic carbocycles. The van der Waals surface area contributed by atoms with Crippen LogP contribution < -0.4 is 5.32 Å². The van der Waals surface area contributed by atoms with Crippen LogP contribution in [-0.4, -0.2) is 36.1 Å². The molecule has 1 aliphatic rings. The maximum Gasteiger partial charge on any atom is 0.0209 e. The van der Waals surface area contributed by atoms with E-state index in [0.717, 1.165) is 6.04 Å². The third kappa shape index (κ3) is 5.33. The Morgan fingerprint density at radius 3 is 2.81 bits per heavy atom. The van der Waals surface area contributed by atoms with Gasteiger partial charge in [0.1, 0.15) is 0 Å². The summed E-state index contributed by atoms with van der Waals surface area (Å²) in [5, 5.41) is 3.76. The number of unbranched alkanes of at least 4 members (excludes halogenated alkanes) is 2. The predicted molar refractivity (Wildman–Crippen MR) is 79.7 cm³/mol. The molecule has 0 bridgehead atoms. The Balaban J connectivity index is 2.07. The van der Waals surface area contributed by atoms with Gasteiger partial charge in [0.15, 0.2) is 0 Å². The first-order valence-corrected chi connectivity index (χ1v) is 9.02. The highest BCUT2D eigenvalue weighted by Crippen LogP contribution is 2.34. The van der Waals surface area contributed by atoms with Crippen molar-refractivity contribution in [3.63, 3.8) is 0 Å². The molecule has 0 aromatic carbocycles. The zero-order valence-electron chi connectivity index (χ0n) is 11.1. The Bertz CT molecular complexity index is 183. The molecule has 1 fully saturated rings. The molecule has 1 aliphatic heterocycles. The van der Waals surface area contributed by atoms with Crippen LogP contribution in [0.3, 0.4) is 0 Å². The fourth-order valence-electron chi connectivity index (χ4n) is 2.10. The van der Waals surface area contributed by atoms with E-state index in [1.54, 1.807) is 0 Å². The Morgan fingerprint density at radius 1 is 1.31 bits per heavy atom. The molecule has 0 spiro atoms. The van der Waals surface area contributed by atoms with Crippen LogP contribution in [0.2, 0.25) is 0 Å². The Kier molecular flexibility index (Phi) is 7.25. The van der Waals surface area contributed by atoms with E-state index in [4.69, 9.17) is 0 Å². The molecular weight excluding hydrogens is 234 g/mol. The second-order valence-corrected chi connectivity index (χ2v) is 7.51. The molecule has 1 heterocycles. The second-order valence-electron chi connectivity index (χ2n) is 5.37. The van der Waals surface area contributed by atoms with Crippen LogP contribution in [0, 0.1) is 5.41 Å². The van der Waals surface area contributed by atoms with Crippen LogP contribution in [0.25, 0.3) is 0 Å². The minimum atomic E-state index is 0.504. The molecule has 3 heteroatoms. The molecule has 1 unspecified atom stereocenters. The number of hydrogen-bond donors (Lipinski definition) is 1. The predicted octanol–water partition coefficient (Wildman–Crippen LogP) is 3.64. The van der Waals surface area contributed by atoms with Gasteiger partial charge in [0, 0.05) is 11.8 Å². The molecule has 0 radical (unpaired) electrons. The van der Waals surface area contributed by atoms with Crippen molar-refractivity contribution in [3.05, 3.63) is 0 Å².